The van der Waals surface area contributed by atoms with E-state index >= 15 is 0 Å². The maximum Gasteiger partial charge on any atom is 0.0766 e. The minimum Gasteiger partial charge on any atom is -0.305 e. The van der Waals surface area contributed by atoms with E-state index in [0.717, 1.165) is 17.8 Å². The van der Waals surface area contributed by atoms with Crippen LogP contribution in [0.2, 0.25) is 0 Å². The molecule has 0 amide bonds. The summed E-state index contributed by atoms with van der Waals surface area (Å²) in [5.74, 6) is 0. The van der Waals surface area contributed by atoms with Gasteiger partial charge in [0.15, 0.2) is 0 Å². The Labute approximate surface area is 95.6 Å². The molecule has 0 saturated heterocycles. The number of pyridine rings is 2. The topological polar surface area (TPSA) is 37.8 Å². The lowest BCUT2D eigenvalue weighted by Gasteiger charge is -2.17. The van der Waals surface area contributed by atoms with Gasteiger partial charge in [-0.2, -0.15) is 0 Å². The van der Waals surface area contributed by atoms with Crippen LogP contribution >= 0.6 is 0 Å². The average molecular weight is 213 g/mol. The molecule has 0 aliphatic heterocycles. The van der Waals surface area contributed by atoms with Gasteiger partial charge in [0.05, 0.1) is 11.7 Å². The third-order valence-electron chi connectivity index (χ3n) is 2.41. The second-order valence-corrected chi connectivity index (χ2v) is 3.53. The van der Waals surface area contributed by atoms with Crippen LogP contribution in [-0.4, -0.2) is 16.5 Å². The van der Waals surface area contributed by atoms with Crippen LogP contribution in [-0.2, 0) is 0 Å². The highest BCUT2D eigenvalue weighted by molar-refractivity contribution is 5.24. The van der Waals surface area contributed by atoms with E-state index in [0.29, 0.717) is 0 Å². The highest BCUT2D eigenvalue weighted by Gasteiger charge is 2.13. The number of rotatable bonds is 4. The summed E-state index contributed by atoms with van der Waals surface area (Å²) in [6.07, 6.45) is 5.48. The molecule has 0 saturated carbocycles. The van der Waals surface area contributed by atoms with E-state index in [-0.39, 0.29) is 6.04 Å². The maximum absolute atomic E-state index is 4.38. The van der Waals surface area contributed by atoms with E-state index < -0.39 is 0 Å². The summed E-state index contributed by atoms with van der Waals surface area (Å²) >= 11 is 0. The zero-order valence-corrected chi connectivity index (χ0v) is 9.30. The molecule has 3 nitrogen and oxygen atoms in total. The molecule has 0 aliphatic rings. The summed E-state index contributed by atoms with van der Waals surface area (Å²) in [5, 5.41) is 3.41. The van der Waals surface area contributed by atoms with Crippen LogP contribution in [0.15, 0.2) is 48.9 Å². The molecule has 0 spiro atoms. The van der Waals surface area contributed by atoms with Gasteiger partial charge in [-0.25, -0.2) is 0 Å². The Bertz CT molecular complexity index is 374. The van der Waals surface area contributed by atoms with Crippen LogP contribution < -0.4 is 5.32 Å². The van der Waals surface area contributed by atoms with Crippen molar-refractivity contribution in [3.8, 4) is 0 Å². The summed E-state index contributed by atoms with van der Waals surface area (Å²) in [7, 11) is 0. The van der Waals surface area contributed by atoms with E-state index in [1.807, 2.05) is 36.7 Å². The maximum atomic E-state index is 4.38. The highest BCUT2D eigenvalue weighted by Crippen LogP contribution is 2.18. The normalized spacial score (nSPS) is 12.3. The van der Waals surface area contributed by atoms with Gasteiger partial charge in [0.1, 0.15) is 0 Å². The molecular weight excluding hydrogens is 198 g/mol. The van der Waals surface area contributed by atoms with Crippen molar-refractivity contribution in [3.05, 3.63) is 60.2 Å². The van der Waals surface area contributed by atoms with Crippen molar-refractivity contribution < 1.29 is 0 Å². The molecule has 0 aliphatic carbocycles. The molecule has 2 heterocycles. The lowest BCUT2D eigenvalue weighted by molar-refractivity contribution is 0.613. The lowest BCUT2D eigenvalue weighted by atomic mass is 10.1. The number of nitrogens with one attached hydrogen (secondary N) is 1. The van der Waals surface area contributed by atoms with Crippen molar-refractivity contribution in [1.82, 2.24) is 15.3 Å². The standard InChI is InChI=1S/C13H15N3/c1-2-15-13(11-6-5-8-14-10-11)12-7-3-4-9-16-12/h3-10,13,15H,2H2,1H3. The zero-order chi connectivity index (χ0) is 11.2. The van der Waals surface area contributed by atoms with Gasteiger partial charge in [0, 0.05) is 18.6 Å². The van der Waals surface area contributed by atoms with Gasteiger partial charge in [0.25, 0.3) is 0 Å². The lowest BCUT2D eigenvalue weighted by Crippen LogP contribution is -2.22. The second-order valence-electron chi connectivity index (χ2n) is 3.53. The summed E-state index contributed by atoms with van der Waals surface area (Å²) in [5.41, 5.74) is 2.17. The molecule has 1 unspecified atom stereocenters. The van der Waals surface area contributed by atoms with Crippen molar-refractivity contribution in [2.75, 3.05) is 6.54 Å². The fourth-order valence-corrected chi connectivity index (χ4v) is 1.69. The van der Waals surface area contributed by atoms with E-state index in [9.17, 15) is 0 Å². The molecule has 3 heteroatoms. The molecule has 1 N–H and O–H groups in total. The number of hydrogen-bond donors (Lipinski definition) is 1. The summed E-state index contributed by atoms with van der Waals surface area (Å²) in [6, 6.07) is 10.1. The van der Waals surface area contributed by atoms with E-state index in [1.165, 1.54) is 0 Å². The first kappa shape index (κ1) is 10.8. The molecule has 1 atom stereocenters. The van der Waals surface area contributed by atoms with Gasteiger partial charge in [-0.15, -0.1) is 0 Å². The Morgan fingerprint density at radius 1 is 1.19 bits per heavy atom. The Balaban J connectivity index is 2.31. The fourth-order valence-electron chi connectivity index (χ4n) is 1.69. The second kappa shape index (κ2) is 5.37. The Morgan fingerprint density at radius 2 is 2.12 bits per heavy atom. The third-order valence-corrected chi connectivity index (χ3v) is 2.41. The summed E-state index contributed by atoms with van der Waals surface area (Å²) in [6.45, 7) is 2.99. The van der Waals surface area contributed by atoms with E-state index in [2.05, 4.69) is 28.3 Å². The minimum atomic E-state index is 0.125. The van der Waals surface area contributed by atoms with E-state index in [4.69, 9.17) is 0 Å². The smallest absolute Gasteiger partial charge is 0.0766 e. The zero-order valence-electron chi connectivity index (χ0n) is 9.30. The fraction of sp³-hybridized carbons (Fsp3) is 0.231. The SMILES string of the molecule is CCNC(c1cccnc1)c1ccccn1. The molecule has 82 valence electrons. The molecule has 2 aromatic rings. The molecule has 0 radical (unpaired) electrons. The van der Waals surface area contributed by atoms with Crippen LogP contribution in [0.25, 0.3) is 0 Å². The Morgan fingerprint density at radius 3 is 2.75 bits per heavy atom. The van der Waals surface area contributed by atoms with Crippen molar-refractivity contribution in [2.45, 2.75) is 13.0 Å². The number of aromatic nitrogens is 2. The Kier molecular flexibility index (Phi) is 3.62. The van der Waals surface area contributed by atoms with Crippen molar-refractivity contribution in [3.63, 3.8) is 0 Å². The van der Waals surface area contributed by atoms with Crippen LogP contribution in [0.3, 0.4) is 0 Å². The monoisotopic (exact) mass is 213 g/mol. The highest BCUT2D eigenvalue weighted by atomic mass is 14.9. The van der Waals surface area contributed by atoms with Crippen LogP contribution in [0.1, 0.15) is 24.2 Å². The van der Waals surface area contributed by atoms with Crippen LogP contribution in [0.4, 0.5) is 0 Å². The first-order valence-corrected chi connectivity index (χ1v) is 5.46. The van der Waals surface area contributed by atoms with Crippen molar-refractivity contribution >= 4 is 0 Å². The predicted molar refractivity (Wildman–Crippen MR) is 64.0 cm³/mol. The average Bonchev–Trinajstić information content (AvgIpc) is 2.38. The molecular formula is C13H15N3. The van der Waals surface area contributed by atoms with Crippen LogP contribution in [0, 0.1) is 0 Å². The minimum absolute atomic E-state index is 0.125. The van der Waals surface area contributed by atoms with Gasteiger partial charge in [-0.05, 0) is 30.3 Å². The summed E-state index contributed by atoms with van der Waals surface area (Å²) in [4.78, 5) is 8.53. The first-order chi connectivity index (χ1) is 7.92. The van der Waals surface area contributed by atoms with Gasteiger partial charge in [0.2, 0.25) is 0 Å². The molecule has 16 heavy (non-hydrogen) atoms. The molecule has 2 aromatic heterocycles. The van der Waals surface area contributed by atoms with E-state index in [1.54, 1.807) is 6.20 Å². The Hall–Kier alpha value is -1.74. The quantitative estimate of drug-likeness (QED) is 0.845. The molecule has 0 aromatic carbocycles. The van der Waals surface area contributed by atoms with Gasteiger partial charge >= 0.3 is 0 Å². The van der Waals surface area contributed by atoms with Gasteiger partial charge < -0.3 is 5.32 Å². The largest absolute Gasteiger partial charge is 0.305 e. The number of hydrogen-bond acceptors (Lipinski definition) is 3. The number of nitrogens with zero attached hydrogens (tertiary/aromatic N) is 2. The molecule has 0 bridgehead atoms. The molecule has 0 fully saturated rings. The van der Waals surface area contributed by atoms with Crippen LogP contribution in [0.5, 0.6) is 0 Å². The predicted octanol–water partition coefficient (Wildman–Crippen LogP) is 2.18. The first-order valence-electron chi connectivity index (χ1n) is 5.46. The van der Waals surface area contributed by atoms with Gasteiger partial charge in [-0.1, -0.05) is 19.1 Å². The molecule has 2 rings (SSSR count). The summed E-state index contributed by atoms with van der Waals surface area (Å²) < 4.78 is 0. The van der Waals surface area contributed by atoms with Gasteiger partial charge in [-0.3, -0.25) is 9.97 Å². The third kappa shape index (κ3) is 2.44. The van der Waals surface area contributed by atoms with Crippen molar-refractivity contribution in [2.24, 2.45) is 0 Å². The van der Waals surface area contributed by atoms with Crippen molar-refractivity contribution in [1.29, 1.82) is 0 Å².